The molecule has 0 aliphatic carbocycles. The fourth-order valence-electron chi connectivity index (χ4n) is 2.02. The second-order valence-corrected chi connectivity index (χ2v) is 4.30. The van der Waals surface area contributed by atoms with Gasteiger partial charge in [-0.25, -0.2) is 9.97 Å². The van der Waals surface area contributed by atoms with Crippen molar-refractivity contribution in [3.05, 3.63) is 29.6 Å². The molecular formula is C11H14N6. The van der Waals surface area contributed by atoms with Gasteiger partial charge in [-0.2, -0.15) is 0 Å². The quantitative estimate of drug-likeness (QED) is 0.722. The van der Waals surface area contributed by atoms with Gasteiger partial charge in [0.25, 0.3) is 0 Å². The van der Waals surface area contributed by atoms with Gasteiger partial charge in [0.15, 0.2) is 5.82 Å². The van der Waals surface area contributed by atoms with Crippen molar-refractivity contribution in [1.29, 1.82) is 0 Å². The van der Waals surface area contributed by atoms with Gasteiger partial charge in [0, 0.05) is 25.5 Å². The van der Waals surface area contributed by atoms with Gasteiger partial charge in [0.05, 0.1) is 6.54 Å². The lowest BCUT2D eigenvalue weighted by Gasteiger charge is -2.27. The highest BCUT2D eigenvalue weighted by atomic mass is 15.4. The molecule has 2 aromatic rings. The summed E-state index contributed by atoms with van der Waals surface area (Å²) in [6.45, 7) is 6.48. The van der Waals surface area contributed by atoms with Crippen LogP contribution in [0.3, 0.4) is 0 Å². The van der Waals surface area contributed by atoms with E-state index >= 15 is 0 Å². The average Bonchev–Trinajstić information content (AvgIpc) is 2.72. The summed E-state index contributed by atoms with van der Waals surface area (Å²) in [6, 6.07) is 0. The Morgan fingerprint density at radius 1 is 1.06 bits per heavy atom. The van der Waals surface area contributed by atoms with Crippen LogP contribution in [0.25, 0.3) is 0 Å². The van der Waals surface area contributed by atoms with Crippen molar-refractivity contribution in [2.45, 2.75) is 26.9 Å². The lowest BCUT2D eigenvalue weighted by atomic mass is 10.3. The van der Waals surface area contributed by atoms with Gasteiger partial charge >= 0.3 is 0 Å². The van der Waals surface area contributed by atoms with Gasteiger partial charge in [0.2, 0.25) is 5.95 Å². The number of rotatable bonds is 1. The van der Waals surface area contributed by atoms with Crippen molar-refractivity contribution in [1.82, 2.24) is 24.7 Å². The third kappa shape index (κ3) is 1.75. The summed E-state index contributed by atoms with van der Waals surface area (Å²) >= 11 is 0. The standard InChI is InChI=1S/C11H14N6/c1-8-5-12-11(13-6-8)16-3-4-17-9(2)14-15-10(17)7-16/h5-6H,3-4,7H2,1-2H3. The Kier molecular flexibility index (Phi) is 2.28. The summed E-state index contributed by atoms with van der Waals surface area (Å²) in [4.78, 5) is 10.8. The number of hydrogen-bond acceptors (Lipinski definition) is 5. The Morgan fingerprint density at radius 2 is 1.82 bits per heavy atom. The Bertz CT molecular complexity index is 529. The normalized spacial score (nSPS) is 14.8. The smallest absolute Gasteiger partial charge is 0.225 e. The minimum Gasteiger partial charge on any atom is -0.331 e. The van der Waals surface area contributed by atoms with Gasteiger partial charge in [-0.05, 0) is 19.4 Å². The predicted octanol–water partition coefficient (Wildman–Crippen LogP) is 0.705. The zero-order valence-electron chi connectivity index (χ0n) is 9.96. The van der Waals surface area contributed by atoms with Crippen LogP contribution in [0.1, 0.15) is 17.2 Å². The van der Waals surface area contributed by atoms with E-state index in [1.165, 1.54) is 0 Å². The summed E-state index contributed by atoms with van der Waals surface area (Å²) in [5.74, 6) is 2.73. The van der Waals surface area contributed by atoms with Gasteiger partial charge in [0.1, 0.15) is 5.82 Å². The summed E-state index contributed by atoms with van der Waals surface area (Å²) in [5, 5.41) is 8.25. The van der Waals surface area contributed by atoms with E-state index in [4.69, 9.17) is 0 Å². The molecule has 0 saturated heterocycles. The zero-order valence-corrected chi connectivity index (χ0v) is 9.96. The molecule has 0 radical (unpaired) electrons. The molecule has 88 valence electrons. The summed E-state index contributed by atoms with van der Waals surface area (Å²) in [7, 11) is 0. The van der Waals surface area contributed by atoms with Crippen molar-refractivity contribution in [2.75, 3.05) is 11.4 Å². The van der Waals surface area contributed by atoms with E-state index in [-0.39, 0.29) is 0 Å². The first-order chi connectivity index (χ1) is 8.24. The minimum atomic E-state index is 0.726. The number of fused-ring (bicyclic) bond motifs is 1. The fourth-order valence-corrected chi connectivity index (χ4v) is 2.02. The molecule has 0 fully saturated rings. The maximum atomic E-state index is 4.34. The topological polar surface area (TPSA) is 59.7 Å². The van der Waals surface area contributed by atoms with Crippen molar-refractivity contribution in [3.8, 4) is 0 Å². The maximum Gasteiger partial charge on any atom is 0.225 e. The van der Waals surface area contributed by atoms with Crippen LogP contribution in [-0.4, -0.2) is 31.3 Å². The predicted molar refractivity (Wildman–Crippen MR) is 62.6 cm³/mol. The Balaban J connectivity index is 1.86. The van der Waals surface area contributed by atoms with E-state index in [0.717, 1.165) is 42.8 Å². The van der Waals surface area contributed by atoms with Crippen LogP contribution in [0.15, 0.2) is 12.4 Å². The molecular weight excluding hydrogens is 216 g/mol. The molecule has 0 amide bonds. The van der Waals surface area contributed by atoms with Gasteiger partial charge in [-0.3, -0.25) is 0 Å². The second-order valence-electron chi connectivity index (χ2n) is 4.30. The highest BCUT2D eigenvalue weighted by Crippen LogP contribution is 2.16. The number of aryl methyl sites for hydroxylation is 2. The van der Waals surface area contributed by atoms with Crippen molar-refractivity contribution in [2.24, 2.45) is 0 Å². The van der Waals surface area contributed by atoms with E-state index < -0.39 is 0 Å². The first-order valence-corrected chi connectivity index (χ1v) is 5.66. The fraction of sp³-hybridized carbons (Fsp3) is 0.455. The lowest BCUT2D eigenvalue weighted by molar-refractivity contribution is 0.543. The number of aromatic nitrogens is 5. The number of nitrogens with zero attached hydrogens (tertiary/aromatic N) is 6. The summed E-state index contributed by atoms with van der Waals surface area (Å²) in [5.41, 5.74) is 1.07. The van der Waals surface area contributed by atoms with E-state index in [0.29, 0.717) is 0 Å². The van der Waals surface area contributed by atoms with E-state index in [1.54, 1.807) is 0 Å². The lowest BCUT2D eigenvalue weighted by Crippen LogP contribution is -2.35. The van der Waals surface area contributed by atoms with Crippen molar-refractivity contribution < 1.29 is 0 Å². The molecule has 17 heavy (non-hydrogen) atoms. The van der Waals surface area contributed by atoms with Crippen LogP contribution < -0.4 is 4.90 Å². The monoisotopic (exact) mass is 230 g/mol. The van der Waals surface area contributed by atoms with Crippen LogP contribution in [0.5, 0.6) is 0 Å². The average molecular weight is 230 g/mol. The van der Waals surface area contributed by atoms with Gasteiger partial charge in [-0.15, -0.1) is 10.2 Å². The maximum absolute atomic E-state index is 4.34. The molecule has 0 bridgehead atoms. The molecule has 0 saturated carbocycles. The van der Waals surface area contributed by atoms with Crippen LogP contribution in [0, 0.1) is 13.8 Å². The molecule has 0 spiro atoms. The van der Waals surface area contributed by atoms with Crippen LogP contribution >= 0.6 is 0 Å². The van der Waals surface area contributed by atoms with E-state index in [2.05, 4.69) is 29.6 Å². The molecule has 2 aromatic heterocycles. The molecule has 0 N–H and O–H groups in total. The Labute approximate surface area is 99.3 Å². The molecule has 1 aliphatic rings. The largest absolute Gasteiger partial charge is 0.331 e. The molecule has 6 nitrogen and oxygen atoms in total. The van der Waals surface area contributed by atoms with Crippen LogP contribution in [-0.2, 0) is 13.1 Å². The Morgan fingerprint density at radius 3 is 2.59 bits per heavy atom. The summed E-state index contributed by atoms with van der Waals surface area (Å²) < 4.78 is 2.14. The third-order valence-corrected chi connectivity index (χ3v) is 2.99. The Hall–Kier alpha value is -1.98. The molecule has 6 heteroatoms. The van der Waals surface area contributed by atoms with Gasteiger partial charge < -0.3 is 9.47 Å². The van der Waals surface area contributed by atoms with Crippen molar-refractivity contribution >= 4 is 5.95 Å². The van der Waals surface area contributed by atoms with Crippen molar-refractivity contribution in [3.63, 3.8) is 0 Å². The van der Waals surface area contributed by atoms with Gasteiger partial charge in [-0.1, -0.05) is 0 Å². The van der Waals surface area contributed by atoms with Crippen LogP contribution in [0.4, 0.5) is 5.95 Å². The molecule has 3 rings (SSSR count). The molecule has 3 heterocycles. The highest BCUT2D eigenvalue weighted by Gasteiger charge is 2.20. The van der Waals surface area contributed by atoms with E-state index in [1.807, 2.05) is 26.2 Å². The number of hydrogen-bond donors (Lipinski definition) is 0. The SMILES string of the molecule is Cc1cnc(N2CCn3c(C)nnc3C2)nc1. The zero-order chi connectivity index (χ0) is 11.8. The minimum absolute atomic E-state index is 0.726. The molecule has 0 unspecified atom stereocenters. The van der Waals surface area contributed by atoms with Crippen LogP contribution in [0.2, 0.25) is 0 Å². The first kappa shape index (κ1) is 10.2. The second kappa shape index (κ2) is 3.80. The highest BCUT2D eigenvalue weighted by molar-refractivity contribution is 5.31. The molecule has 1 aliphatic heterocycles. The molecule has 0 aromatic carbocycles. The van der Waals surface area contributed by atoms with E-state index in [9.17, 15) is 0 Å². The first-order valence-electron chi connectivity index (χ1n) is 5.66. The molecule has 0 atom stereocenters. The third-order valence-electron chi connectivity index (χ3n) is 2.99. The number of anilines is 1. The summed E-state index contributed by atoms with van der Waals surface area (Å²) in [6.07, 6.45) is 3.68.